The predicted octanol–water partition coefficient (Wildman–Crippen LogP) is 1.01. The van der Waals surface area contributed by atoms with Crippen LogP contribution in [-0.2, 0) is 0 Å². The molecular formula is C13H20N2O. The standard InChI is InChI=1S/C13H20N2O/c1-11-9-15(8-7-14-11)10-13(16)12-5-3-2-4-6-12/h2-6,11,13-14,16H,7-10H2,1H3/t11-,13+/m1/s1. The molecule has 2 N–H and O–H groups in total. The van der Waals surface area contributed by atoms with Gasteiger partial charge in [0.15, 0.2) is 0 Å². The largest absolute Gasteiger partial charge is 0.387 e. The Morgan fingerprint density at radius 2 is 2.19 bits per heavy atom. The van der Waals surface area contributed by atoms with Crippen LogP contribution >= 0.6 is 0 Å². The van der Waals surface area contributed by atoms with Crippen LogP contribution in [0.1, 0.15) is 18.6 Å². The Kier molecular flexibility index (Phi) is 3.93. The summed E-state index contributed by atoms with van der Waals surface area (Å²) >= 11 is 0. The van der Waals surface area contributed by atoms with E-state index in [2.05, 4.69) is 17.1 Å². The lowest BCUT2D eigenvalue weighted by Crippen LogP contribution is -2.50. The highest BCUT2D eigenvalue weighted by molar-refractivity contribution is 5.17. The SMILES string of the molecule is C[C@@H]1CN(C[C@H](O)c2ccccc2)CCN1. The van der Waals surface area contributed by atoms with Crippen molar-refractivity contribution in [2.45, 2.75) is 19.1 Å². The molecule has 1 fully saturated rings. The average molecular weight is 220 g/mol. The molecule has 0 unspecified atom stereocenters. The third-order valence-electron chi connectivity index (χ3n) is 3.07. The van der Waals surface area contributed by atoms with Crippen molar-refractivity contribution in [3.8, 4) is 0 Å². The van der Waals surface area contributed by atoms with Crippen molar-refractivity contribution >= 4 is 0 Å². The maximum absolute atomic E-state index is 10.1. The van der Waals surface area contributed by atoms with Crippen LogP contribution in [0, 0.1) is 0 Å². The van der Waals surface area contributed by atoms with Gasteiger partial charge in [-0.3, -0.25) is 4.90 Å². The second-order valence-corrected chi connectivity index (χ2v) is 4.54. The molecule has 1 aliphatic heterocycles. The van der Waals surface area contributed by atoms with E-state index in [1.165, 1.54) is 0 Å². The van der Waals surface area contributed by atoms with Crippen molar-refractivity contribution in [3.63, 3.8) is 0 Å². The molecule has 3 heteroatoms. The van der Waals surface area contributed by atoms with Gasteiger partial charge in [0.2, 0.25) is 0 Å². The van der Waals surface area contributed by atoms with Gasteiger partial charge in [0, 0.05) is 32.2 Å². The molecule has 0 radical (unpaired) electrons. The van der Waals surface area contributed by atoms with E-state index in [0.717, 1.165) is 31.7 Å². The Morgan fingerprint density at radius 1 is 1.44 bits per heavy atom. The Labute approximate surface area is 97.1 Å². The van der Waals surface area contributed by atoms with Crippen LogP contribution in [-0.4, -0.2) is 42.2 Å². The number of β-amino-alcohol motifs (C(OH)–C–C–N with tert-alkyl or cyclic N) is 1. The van der Waals surface area contributed by atoms with Crippen LogP contribution in [0.3, 0.4) is 0 Å². The molecule has 1 aromatic carbocycles. The van der Waals surface area contributed by atoms with E-state index in [1.54, 1.807) is 0 Å². The highest BCUT2D eigenvalue weighted by Crippen LogP contribution is 2.14. The summed E-state index contributed by atoms with van der Waals surface area (Å²) in [7, 11) is 0. The smallest absolute Gasteiger partial charge is 0.0916 e. The third kappa shape index (κ3) is 3.04. The Morgan fingerprint density at radius 3 is 2.88 bits per heavy atom. The van der Waals surface area contributed by atoms with Gasteiger partial charge < -0.3 is 10.4 Å². The quantitative estimate of drug-likeness (QED) is 0.798. The molecule has 16 heavy (non-hydrogen) atoms. The molecule has 0 saturated carbocycles. The lowest BCUT2D eigenvalue weighted by molar-refractivity contribution is 0.0962. The first-order valence-electron chi connectivity index (χ1n) is 5.94. The fourth-order valence-corrected chi connectivity index (χ4v) is 2.20. The van der Waals surface area contributed by atoms with Crippen LogP contribution in [0.25, 0.3) is 0 Å². The number of piperazine rings is 1. The van der Waals surface area contributed by atoms with E-state index in [9.17, 15) is 5.11 Å². The molecule has 1 heterocycles. The van der Waals surface area contributed by atoms with Gasteiger partial charge in [0.25, 0.3) is 0 Å². The zero-order valence-electron chi connectivity index (χ0n) is 9.76. The van der Waals surface area contributed by atoms with Gasteiger partial charge in [0.05, 0.1) is 6.10 Å². The topological polar surface area (TPSA) is 35.5 Å². The van der Waals surface area contributed by atoms with Gasteiger partial charge in [-0.2, -0.15) is 0 Å². The molecule has 2 rings (SSSR count). The predicted molar refractivity (Wildman–Crippen MR) is 65.3 cm³/mol. The summed E-state index contributed by atoms with van der Waals surface area (Å²) in [6.45, 7) is 5.97. The monoisotopic (exact) mass is 220 g/mol. The number of aliphatic hydroxyl groups is 1. The average Bonchev–Trinajstić information content (AvgIpc) is 2.30. The molecule has 0 amide bonds. The molecular weight excluding hydrogens is 200 g/mol. The van der Waals surface area contributed by atoms with Crippen LogP contribution in [0.5, 0.6) is 0 Å². The van der Waals surface area contributed by atoms with Crippen molar-refractivity contribution in [1.29, 1.82) is 0 Å². The second kappa shape index (κ2) is 5.43. The first-order valence-corrected chi connectivity index (χ1v) is 5.94. The summed E-state index contributed by atoms with van der Waals surface area (Å²) in [6, 6.07) is 10.4. The molecule has 1 saturated heterocycles. The van der Waals surface area contributed by atoms with Crippen LogP contribution in [0.15, 0.2) is 30.3 Å². The lowest BCUT2D eigenvalue weighted by atomic mass is 10.1. The maximum atomic E-state index is 10.1. The molecule has 3 nitrogen and oxygen atoms in total. The molecule has 2 atom stereocenters. The number of hydrogen-bond donors (Lipinski definition) is 2. The molecule has 1 aliphatic rings. The highest BCUT2D eigenvalue weighted by atomic mass is 16.3. The normalized spacial score (nSPS) is 24.2. The van der Waals surface area contributed by atoms with Gasteiger partial charge in [-0.05, 0) is 12.5 Å². The minimum absolute atomic E-state index is 0.369. The van der Waals surface area contributed by atoms with Crippen molar-refractivity contribution in [2.75, 3.05) is 26.2 Å². The number of benzene rings is 1. The summed E-state index contributed by atoms with van der Waals surface area (Å²) in [5.41, 5.74) is 1.01. The molecule has 0 aliphatic carbocycles. The molecule has 88 valence electrons. The number of rotatable bonds is 3. The summed E-state index contributed by atoms with van der Waals surface area (Å²) in [4.78, 5) is 2.32. The van der Waals surface area contributed by atoms with E-state index in [-0.39, 0.29) is 6.10 Å². The Balaban J connectivity index is 1.89. The minimum atomic E-state index is -0.369. The summed E-state index contributed by atoms with van der Waals surface area (Å²) < 4.78 is 0. The number of aliphatic hydroxyl groups excluding tert-OH is 1. The summed E-state index contributed by atoms with van der Waals surface area (Å²) in [5, 5.41) is 13.5. The second-order valence-electron chi connectivity index (χ2n) is 4.54. The van der Waals surface area contributed by atoms with Gasteiger partial charge in [-0.1, -0.05) is 30.3 Å². The van der Waals surface area contributed by atoms with E-state index in [0.29, 0.717) is 6.04 Å². The van der Waals surface area contributed by atoms with Crippen LogP contribution in [0.2, 0.25) is 0 Å². The zero-order chi connectivity index (χ0) is 11.4. The van der Waals surface area contributed by atoms with E-state index in [1.807, 2.05) is 30.3 Å². The Bertz CT molecular complexity index is 315. The van der Waals surface area contributed by atoms with E-state index < -0.39 is 0 Å². The van der Waals surface area contributed by atoms with Crippen molar-refractivity contribution in [3.05, 3.63) is 35.9 Å². The number of nitrogens with one attached hydrogen (secondary N) is 1. The van der Waals surface area contributed by atoms with E-state index in [4.69, 9.17) is 0 Å². The summed E-state index contributed by atoms with van der Waals surface area (Å²) in [5.74, 6) is 0. The summed E-state index contributed by atoms with van der Waals surface area (Å²) in [6.07, 6.45) is -0.369. The third-order valence-corrected chi connectivity index (χ3v) is 3.07. The first-order chi connectivity index (χ1) is 7.75. The zero-order valence-corrected chi connectivity index (χ0v) is 9.76. The Hall–Kier alpha value is -0.900. The molecule has 0 aromatic heterocycles. The fourth-order valence-electron chi connectivity index (χ4n) is 2.20. The van der Waals surface area contributed by atoms with Gasteiger partial charge in [-0.15, -0.1) is 0 Å². The van der Waals surface area contributed by atoms with Crippen molar-refractivity contribution in [2.24, 2.45) is 0 Å². The minimum Gasteiger partial charge on any atom is -0.387 e. The number of nitrogens with zero attached hydrogens (tertiary/aromatic N) is 1. The molecule has 1 aromatic rings. The first kappa shape index (κ1) is 11.6. The van der Waals surface area contributed by atoms with Gasteiger partial charge in [0.1, 0.15) is 0 Å². The molecule has 0 spiro atoms. The van der Waals surface area contributed by atoms with Crippen LogP contribution < -0.4 is 5.32 Å². The van der Waals surface area contributed by atoms with E-state index >= 15 is 0 Å². The number of hydrogen-bond acceptors (Lipinski definition) is 3. The molecule has 0 bridgehead atoms. The highest BCUT2D eigenvalue weighted by Gasteiger charge is 2.18. The maximum Gasteiger partial charge on any atom is 0.0916 e. The van der Waals surface area contributed by atoms with Crippen LogP contribution in [0.4, 0.5) is 0 Å². The van der Waals surface area contributed by atoms with Crippen molar-refractivity contribution in [1.82, 2.24) is 10.2 Å². The lowest BCUT2D eigenvalue weighted by Gasteiger charge is -2.33. The fraction of sp³-hybridized carbons (Fsp3) is 0.538. The van der Waals surface area contributed by atoms with Gasteiger partial charge in [-0.25, -0.2) is 0 Å². The van der Waals surface area contributed by atoms with Crippen molar-refractivity contribution < 1.29 is 5.11 Å². The van der Waals surface area contributed by atoms with Gasteiger partial charge >= 0.3 is 0 Å².